The van der Waals surface area contributed by atoms with Gasteiger partial charge in [0.05, 0.1) is 15.9 Å². The predicted octanol–water partition coefficient (Wildman–Crippen LogP) is 2.57. The Balaban J connectivity index is 1.55. The minimum atomic E-state index is -3.61. The second kappa shape index (κ2) is 9.07. The highest BCUT2D eigenvalue weighted by molar-refractivity contribution is 7.89. The Morgan fingerprint density at radius 1 is 1.00 bits per heavy atom. The lowest BCUT2D eigenvalue weighted by molar-refractivity contribution is 0.0764. The summed E-state index contributed by atoms with van der Waals surface area (Å²) >= 11 is 0. The van der Waals surface area contributed by atoms with E-state index in [1.165, 1.54) is 4.31 Å². The van der Waals surface area contributed by atoms with Gasteiger partial charge in [-0.2, -0.15) is 4.31 Å². The number of sulfonamides is 1. The molecule has 1 fully saturated rings. The summed E-state index contributed by atoms with van der Waals surface area (Å²) in [4.78, 5) is 31.9. The molecule has 33 heavy (non-hydrogen) atoms. The summed E-state index contributed by atoms with van der Waals surface area (Å²) in [5, 5.41) is 0. The van der Waals surface area contributed by atoms with Crippen LogP contribution in [0.25, 0.3) is 11.0 Å². The Bertz CT molecular complexity index is 1360. The van der Waals surface area contributed by atoms with Crippen LogP contribution in [-0.4, -0.2) is 59.3 Å². The Labute approximate surface area is 193 Å². The number of benzene rings is 2. The van der Waals surface area contributed by atoms with Crippen LogP contribution in [0.4, 0.5) is 0 Å². The molecule has 0 N–H and O–H groups in total. The summed E-state index contributed by atoms with van der Waals surface area (Å²) in [6.07, 6.45) is 0.553. The third-order valence-corrected chi connectivity index (χ3v) is 7.99. The van der Waals surface area contributed by atoms with E-state index in [0.717, 1.165) is 5.56 Å². The largest absolute Gasteiger partial charge is 0.337 e. The fourth-order valence-electron chi connectivity index (χ4n) is 4.20. The molecule has 1 aliphatic heterocycles. The zero-order valence-electron chi connectivity index (χ0n) is 19.1. The van der Waals surface area contributed by atoms with E-state index in [1.807, 2.05) is 13.8 Å². The van der Waals surface area contributed by atoms with Crippen LogP contribution >= 0.6 is 0 Å². The van der Waals surface area contributed by atoms with Gasteiger partial charge in [-0.15, -0.1) is 0 Å². The first-order chi connectivity index (χ1) is 15.7. The number of carbonyl (C=O) groups excluding carboxylic acids is 1. The highest BCUT2D eigenvalue weighted by Gasteiger charge is 2.28. The topological polar surface area (TPSA) is 92.6 Å². The molecule has 9 heteroatoms. The van der Waals surface area contributed by atoms with E-state index in [-0.39, 0.29) is 22.9 Å². The summed E-state index contributed by atoms with van der Waals surface area (Å²) in [6, 6.07) is 12.0. The van der Waals surface area contributed by atoms with Gasteiger partial charge in [-0.3, -0.25) is 9.59 Å². The van der Waals surface area contributed by atoms with Crippen LogP contribution in [0.5, 0.6) is 0 Å². The van der Waals surface area contributed by atoms with Crippen LogP contribution < -0.4 is 5.56 Å². The minimum absolute atomic E-state index is 0.133. The Morgan fingerprint density at radius 2 is 1.73 bits per heavy atom. The van der Waals surface area contributed by atoms with E-state index in [2.05, 4.69) is 4.98 Å². The number of rotatable bonds is 4. The van der Waals surface area contributed by atoms with Crippen LogP contribution in [0.3, 0.4) is 0 Å². The molecule has 0 unspecified atom stereocenters. The van der Waals surface area contributed by atoms with E-state index in [4.69, 9.17) is 0 Å². The number of hydrogen-bond donors (Lipinski definition) is 0. The van der Waals surface area contributed by atoms with Crippen molar-refractivity contribution >= 4 is 27.0 Å². The van der Waals surface area contributed by atoms with Crippen molar-refractivity contribution in [3.05, 3.63) is 69.6 Å². The van der Waals surface area contributed by atoms with Crippen molar-refractivity contribution in [3.8, 4) is 0 Å². The van der Waals surface area contributed by atoms with Crippen molar-refractivity contribution in [2.45, 2.75) is 38.6 Å². The van der Waals surface area contributed by atoms with Crippen LogP contribution in [0.2, 0.25) is 0 Å². The maximum atomic E-state index is 13.2. The molecular weight excluding hydrogens is 440 g/mol. The third kappa shape index (κ3) is 4.43. The summed E-state index contributed by atoms with van der Waals surface area (Å²) in [5.74, 6) is -0.166. The van der Waals surface area contributed by atoms with Crippen LogP contribution in [-0.2, 0) is 16.6 Å². The number of nitrogens with zero attached hydrogens (tertiary/aromatic N) is 4. The Morgan fingerprint density at radius 3 is 2.42 bits per heavy atom. The zero-order chi connectivity index (χ0) is 23.8. The standard InChI is InChI=1S/C24H28N4O4S/c1-4-28-22-11-8-19(16-21(22)25-18(3)23(28)29)24(30)26-12-5-13-27(15-14-26)33(31,32)20-9-6-17(2)7-10-20/h6-11,16H,4-5,12-15H2,1-3H3. The minimum Gasteiger partial charge on any atom is -0.337 e. The van der Waals surface area contributed by atoms with E-state index < -0.39 is 10.0 Å². The molecule has 0 radical (unpaired) electrons. The summed E-state index contributed by atoms with van der Waals surface area (Å²) in [7, 11) is -3.61. The molecule has 1 aromatic heterocycles. The third-order valence-electron chi connectivity index (χ3n) is 6.07. The molecule has 1 saturated heterocycles. The number of hydrogen-bond acceptors (Lipinski definition) is 5. The molecule has 1 amide bonds. The molecule has 174 valence electrons. The van der Waals surface area contributed by atoms with E-state index in [1.54, 1.807) is 58.9 Å². The van der Waals surface area contributed by atoms with Gasteiger partial charge in [0.2, 0.25) is 10.0 Å². The highest BCUT2D eigenvalue weighted by atomic mass is 32.2. The van der Waals surface area contributed by atoms with Crippen molar-refractivity contribution < 1.29 is 13.2 Å². The fourth-order valence-corrected chi connectivity index (χ4v) is 5.67. The molecule has 8 nitrogen and oxygen atoms in total. The first kappa shape index (κ1) is 23.1. The van der Waals surface area contributed by atoms with Gasteiger partial charge in [-0.05, 0) is 57.5 Å². The van der Waals surface area contributed by atoms with E-state index in [9.17, 15) is 18.0 Å². The lowest BCUT2D eigenvalue weighted by Crippen LogP contribution is -2.37. The smallest absolute Gasteiger partial charge is 0.272 e. The van der Waals surface area contributed by atoms with Crippen molar-refractivity contribution in [2.75, 3.05) is 26.2 Å². The maximum absolute atomic E-state index is 13.2. The van der Waals surface area contributed by atoms with Gasteiger partial charge in [-0.25, -0.2) is 13.4 Å². The van der Waals surface area contributed by atoms with Crippen LogP contribution in [0.15, 0.2) is 52.2 Å². The monoisotopic (exact) mass is 468 g/mol. The molecule has 1 aliphatic rings. The molecular formula is C24H28N4O4S. The zero-order valence-corrected chi connectivity index (χ0v) is 19.9. The average Bonchev–Trinajstić information content (AvgIpc) is 3.06. The van der Waals surface area contributed by atoms with Crippen LogP contribution in [0.1, 0.15) is 35.0 Å². The normalized spacial score (nSPS) is 15.5. The Kier molecular flexibility index (Phi) is 6.36. The SMILES string of the molecule is CCn1c(=O)c(C)nc2cc(C(=O)N3CCCN(S(=O)(=O)c4ccc(C)cc4)CC3)ccc21. The summed E-state index contributed by atoms with van der Waals surface area (Å²) < 4.78 is 29.2. The average molecular weight is 469 g/mol. The second-order valence-electron chi connectivity index (χ2n) is 8.31. The molecule has 2 heterocycles. The number of carbonyl (C=O) groups is 1. The lowest BCUT2D eigenvalue weighted by atomic mass is 10.1. The first-order valence-electron chi connectivity index (χ1n) is 11.1. The molecule has 0 aliphatic carbocycles. The van der Waals surface area contributed by atoms with Gasteiger partial charge in [0.1, 0.15) is 5.69 Å². The van der Waals surface area contributed by atoms with E-state index >= 15 is 0 Å². The van der Waals surface area contributed by atoms with Crippen molar-refractivity contribution in [3.63, 3.8) is 0 Å². The van der Waals surface area contributed by atoms with Gasteiger partial charge in [-0.1, -0.05) is 17.7 Å². The molecule has 4 rings (SSSR count). The molecule has 0 spiro atoms. The molecule has 0 saturated carbocycles. The number of aromatic nitrogens is 2. The predicted molar refractivity (Wildman–Crippen MR) is 127 cm³/mol. The highest BCUT2D eigenvalue weighted by Crippen LogP contribution is 2.20. The summed E-state index contributed by atoms with van der Waals surface area (Å²) in [5.41, 5.74) is 3.02. The molecule has 0 bridgehead atoms. The Hall–Kier alpha value is -3.04. The molecule has 2 aromatic carbocycles. The maximum Gasteiger partial charge on any atom is 0.272 e. The van der Waals surface area contributed by atoms with Crippen LogP contribution in [0, 0.1) is 13.8 Å². The summed E-state index contributed by atoms with van der Waals surface area (Å²) in [6.45, 7) is 7.37. The van der Waals surface area contributed by atoms with Gasteiger partial charge in [0.15, 0.2) is 0 Å². The van der Waals surface area contributed by atoms with Gasteiger partial charge in [0, 0.05) is 38.3 Å². The molecule has 0 atom stereocenters. The lowest BCUT2D eigenvalue weighted by Gasteiger charge is -2.22. The van der Waals surface area contributed by atoms with Crippen molar-refractivity contribution in [1.82, 2.24) is 18.8 Å². The van der Waals surface area contributed by atoms with Gasteiger partial charge >= 0.3 is 0 Å². The quantitative estimate of drug-likeness (QED) is 0.587. The fraction of sp³-hybridized carbons (Fsp3) is 0.375. The van der Waals surface area contributed by atoms with Gasteiger partial charge < -0.3 is 9.47 Å². The van der Waals surface area contributed by atoms with Crippen molar-refractivity contribution in [1.29, 1.82) is 0 Å². The number of fused-ring (bicyclic) bond motifs is 1. The second-order valence-corrected chi connectivity index (χ2v) is 10.3. The number of aryl methyl sites for hydroxylation is 3. The van der Waals surface area contributed by atoms with Gasteiger partial charge in [0.25, 0.3) is 11.5 Å². The molecule has 3 aromatic rings. The van der Waals surface area contributed by atoms with Crippen molar-refractivity contribution in [2.24, 2.45) is 0 Å². The van der Waals surface area contributed by atoms with E-state index in [0.29, 0.717) is 54.9 Å². The first-order valence-corrected chi connectivity index (χ1v) is 12.5. The number of amides is 1.